The molecule has 36 heavy (non-hydrogen) atoms. The Balaban J connectivity index is 1.66. The van der Waals surface area contributed by atoms with E-state index < -0.39 is 11.8 Å². The van der Waals surface area contributed by atoms with E-state index in [9.17, 15) is 14.0 Å². The fourth-order valence-corrected chi connectivity index (χ4v) is 3.79. The number of hydrogen-bond acceptors (Lipinski definition) is 6. The highest BCUT2D eigenvalue weighted by molar-refractivity contribution is 5.99. The molecule has 0 fully saturated rings. The van der Waals surface area contributed by atoms with Crippen molar-refractivity contribution in [3.05, 3.63) is 58.4 Å². The molecular formula is C25H29FN8O2. The van der Waals surface area contributed by atoms with Crippen LogP contribution >= 0.6 is 0 Å². The predicted molar refractivity (Wildman–Crippen MR) is 139 cm³/mol. The van der Waals surface area contributed by atoms with Crippen LogP contribution in [0, 0.1) is 5.82 Å². The summed E-state index contributed by atoms with van der Waals surface area (Å²) in [4.78, 5) is 34.6. The summed E-state index contributed by atoms with van der Waals surface area (Å²) < 4.78 is 17.7. The summed E-state index contributed by atoms with van der Waals surface area (Å²) in [6, 6.07) is 6.96. The molecule has 0 radical (unpaired) electrons. The third kappa shape index (κ3) is 4.77. The van der Waals surface area contributed by atoms with Gasteiger partial charge >= 0.3 is 6.03 Å². The number of aromatic nitrogens is 5. The molecule has 10 nitrogen and oxygen atoms in total. The van der Waals surface area contributed by atoms with Crippen LogP contribution in [0.4, 0.5) is 26.6 Å². The first-order chi connectivity index (χ1) is 17.0. The van der Waals surface area contributed by atoms with Crippen molar-refractivity contribution >= 4 is 34.5 Å². The van der Waals surface area contributed by atoms with E-state index in [4.69, 9.17) is 0 Å². The van der Waals surface area contributed by atoms with E-state index in [1.165, 1.54) is 22.8 Å². The Hall–Kier alpha value is -4.28. The summed E-state index contributed by atoms with van der Waals surface area (Å²) in [7, 11) is 3.42. The van der Waals surface area contributed by atoms with Crippen molar-refractivity contribution in [1.29, 1.82) is 0 Å². The van der Waals surface area contributed by atoms with Crippen molar-refractivity contribution in [2.75, 3.05) is 23.0 Å². The number of fused-ring (bicyclic) bond motifs is 1. The third-order valence-corrected chi connectivity index (χ3v) is 5.78. The number of nitrogens with one attached hydrogen (secondary N) is 3. The Kier molecular flexibility index (Phi) is 6.49. The number of anilines is 3. The number of carbonyl (C=O) groups is 1. The predicted octanol–water partition coefficient (Wildman–Crippen LogP) is 4.33. The molecule has 0 bridgehead atoms. The van der Waals surface area contributed by atoms with Gasteiger partial charge in [0.25, 0.3) is 5.56 Å². The molecule has 0 atom stereocenters. The molecule has 11 heteroatoms. The molecule has 0 aliphatic rings. The minimum Gasteiger partial charge on any atom is -0.357 e. The van der Waals surface area contributed by atoms with Crippen LogP contribution in [0.5, 0.6) is 0 Å². The van der Waals surface area contributed by atoms with Gasteiger partial charge in [0.2, 0.25) is 5.95 Å². The van der Waals surface area contributed by atoms with Crippen LogP contribution in [-0.4, -0.2) is 37.4 Å². The quantitative estimate of drug-likeness (QED) is 0.382. The van der Waals surface area contributed by atoms with E-state index in [0.29, 0.717) is 40.5 Å². The second-order valence-electron chi connectivity index (χ2n) is 9.39. The van der Waals surface area contributed by atoms with Gasteiger partial charge < -0.3 is 10.6 Å². The van der Waals surface area contributed by atoms with Crippen LogP contribution in [0.1, 0.15) is 33.4 Å². The van der Waals surface area contributed by atoms with E-state index in [0.717, 1.165) is 5.69 Å². The van der Waals surface area contributed by atoms with Crippen LogP contribution < -0.4 is 21.5 Å². The minimum atomic E-state index is -0.632. The largest absolute Gasteiger partial charge is 0.357 e. The van der Waals surface area contributed by atoms with Gasteiger partial charge in [-0.3, -0.25) is 19.4 Å². The summed E-state index contributed by atoms with van der Waals surface area (Å²) in [5, 5.41) is 13.2. The van der Waals surface area contributed by atoms with Gasteiger partial charge in [-0.15, -0.1) is 0 Å². The molecule has 3 aromatic heterocycles. The van der Waals surface area contributed by atoms with Gasteiger partial charge in [-0.25, -0.2) is 14.2 Å². The van der Waals surface area contributed by atoms with Crippen molar-refractivity contribution in [2.45, 2.75) is 39.7 Å². The summed E-state index contributed by atoms with van der Waals surface area (Å²) in [6.07, 6.45) is 1.62. The number of pyridine rings is 1. The van der Waals surface area contributed by atoms with E-state index in [1.54, 1.807) is 37.1 Å². The molecule has 3 heterocycles. The number of amides is 2. The molecule has 188 valence electrons. The Bertz CT molecular complexity index is 1520. The maximum absolute atomic E-state index is 14.6. The van der Waals surface area contributed by atoms with Crippen LogP contribution in [0.3, 0.4) is 0 Å². The molecule has 1 aromatic carbocycles. The molecule has 0 saturated heterocycles. The Labute approximate surface area is 207 Å². The lowest BCUT2D eigenvalue weighted by molar-refractivity contribution is 0.262. The van der Waals surface area contributed by atoms with Crippen molar-refractivity contribution in [2.24, 2.45) is 7.05 Å². The second kappa shape index (κ2) is 9.40. The fourth-order valence-electron chi connectivity index (χ4n) is 3.79. The summed E-state index contributed by atoms with van der Waals surface area (Å²) >= 11 is 0. The van der Waals surface area contributed by atoms with Gasteiger partial charge in [-0.05, 0) is 30.7 Å². The van der Waals surface area contributed by atoms with E-state index >= 15 is 0 Å². The highest BCUT2D eigenvalue weighted by Crippen LogP contribution is 2.26. The fraction of sp³-hybridized carbons (Fsp3) is 0.320. The topological polar surface area (TPSA) is 119 Å². The lowest BCUT2D eigenvalue weighted by Gasteiger charge is -2.13. The summed E-state index contributed by atoms with van der Waals surface area (Å²) in [5.74, 6) is 0.238. The lowest BCUT2D eigenvalue weighted by atomic mass is 9.92. The molecule has 0 unspecified atom stereocenters. The zero-order valence-electron chi connectivity index (χ0n) is 21.1. The van der Waals surface area contributed by atoms with Crippen LogP contribution in [0.2, 0.25) is 0 Å². The standard InChI is InChI=1S/C25H29FN8O2/c1-7-34-21-15(13-28-23(27-5)31-21)10-16(22(34)35)14-8-9-17(26)18(11-14)29-24(36)30-20-12-19(25(2,3)4)32-33(20)6/h8-13H,7H2,1-6H3,(H,27,28,31)(H2,29,30,36). The summed E-state index contributed by atoms with van der Waals surface area (Å²) in [5.41, 5.74) is 1.56. The Morgan fingerprint density at radius 2 is 1.89 bits per heavy atom. The maximum Gasteiger partial charge on any atom is 0.324 e. The number of rotatable bonds is 5. The van der Waals surface area contributed by atoms with Crippen molar-refractivity contribution in [1.82, 2.24) is 24.3 Å². The number of hydrogen-bond donors (Lipinski definition) is 3. The van der Waals surface area contributed by atoms with Crippen molar-refractivity contribution in [3.63, 3.8) is 0 Å². The Morgan fingerprint density at radius 1 is 1.14 bits per heavy atom. The van der Waals surface area contributed by atoms with Crippen LogP contribution in [0.15, 0.2) is 41.3 Å². The molecule has 3 N–H and O–H groups in total. The molecule has 0 aliphatic heterocycles. The lowest BCUT2D eigenvalue weighted by Crippen LogP contribution is -2.23. The number of aryl methyl sites for hydroxylation is 2. The molecule has 0 aliphatic carbocycles. The third-order valence-electron chi connectivity index (χ3n) is 5.78. The molecule has 2 amide bonds. The first-order valence-electron chi connectivity index (χ1n) is 11.5. The second-order valence-corrected chi connectivity index (χ2v) is 9.39. The molecule has 0 spiro atoms. The van der Waals surface area contributed by atoms with Crippen molar-refractivity contribution in [3.8, 4) is 11.1 Å². The molecule has 4 aromatic rings. The van der Waals surface area contributed by atoms with E-state index in [1.807, 2.05) is 27.7 Å². The molecule has 0 saturated carbocycles. The van der Waals surface area contributed by atoms with E-state index in [-0.39, 0.29) is 16.7 Å². The van der Waals surface area contributed by atoms with E-state index in [2.05, 4.69) is 31.0 Å². The summed E-state index contributed by atoms with van der Waals surface area (Å²) in [6.45, 7) is 8.29. The van der Waals surface area contributed by atoms with Gasteiger partial charge in [-0.2, -0.15) is 10.1 Å². The normalized spacial score (nSPS) is 11.5. The smallest absolute Gasteiger partial charge is 0.324 e. The Morgan fingerprint density at radius 3 is 2.53 bits per heavy atom. The first kappa shape index (κ1) is 24.8. The molecular weight excluding hydrogens is 463 g/mol. The molecule has 4 rings (SSSR count). The minimum absolute atomic E-state index is 0.0625. The zero-order chi connectivity index (χ0) is 26.2. The van der Waals surface area contributed by atoms with Gasteiger partial charge in [0, 0.05) is 49.3 Å². The zero-order valence-corrected chi connectivity index (χ0v) is 21.1. The van der Waals surface area contributed by atoms with Gasteiger partial charge in [0.1, 0.15) is 17.3 Å². The van der Waals surface area contributed by atoms with Gasteiger partial charge in [0.15, 0.2) is 0 Å². The van der Waals surface area contributed by atoms with Crippen molar-refractivity contribution < 1.29 is 9.18 Å². The van der Waals surface area contributed by atoms with Crippen LogP contribution in [-0.2, 0) is 19.0 Å². The number of carbonyl (C=O) groups excluding carboxylic acids is 1. The average molecular weight is 493 g/mol. The average Bonchev–Trinajstić information content (AvgIpc) is 3.20. The highest BCUT2D eigenvalue weighted by atomic mass is 19.1. The number of nitrogens with zero attached hydrogens (tertiary/aromatic N) is 5. The monoisotopic (exact) mass is 492 g/mol. The van der Waals surface area contributed by atoms with Gasteiger partial charge in [-0.1, -0.05) is 26.8 Å². The number of benzene rings is 1. The van der Waals surface area contributed by atoms with Crippen LogP contribution in [0.25, 0.3) is 22.2 Å². The number of halogens is 1. The highest BCUT2D eigenvalue weighted by Gasteiger charge is 2.20. The first-order valence-corrected chi connectivity index (χ1v) is 11.5. The SMILES string of the molecule is CCn1c(=O)c(-c2ccc(F)c(NC(=O)Nc3cc(C(C)(C)C)nn3C)c2)cc2cnc(NC)nc21. The van der Waals surface area contributed by atoms with Gasteiger partial charge in [0.05, 0.1) is 11.4 Å². The maximum atomic E-state index is 14.6. The number of urea groups is 1.